The molecule has 1 heterocycles. The summed E-state index contributed by atoms with van der Waals surface area (Å²) in [4.78, 5) is 25.3. The van der Waals surface area contributed by atoms with E-state index in [9.17, 15) is 18.0 Å². The van der Waals surface area contributed by atoms with Crippen LogP contribution in [0.15, 0.2) is 47.6 Å². The van der Waals surface area contributed by atoms with Gasteiger partial charge in [-0.05, 0) is 69.2 Å². The van der Waals surface area contributed by atoms with E-state index >= 15 is 0 Å². The second-order valence-electron chi connectivity index (χ2n) is 7.73. The molecule has 0 aliphatic heterocycles. The highest BCUT2D eigenvalue weighted by atomic mass is 19.4. The number of fused-ring (bicyclic) bond motifs is 1. The summed E-state index contributed by atoms with van der Waals surface area (Å²) >= 11 is 0. The van der Waals surface area contributed by atoms with E-state index in [1.807, 2.05) is 0 Å². The van der Waals surface area contributed by atoms with E-state index in [1.165, 1.54) is 19.1 Å². The van der Waals surface area contributed by atoms with Gasteiger partial charge in [0, 0.05) is 23.7 Å². The largest absolute Gasteiger partial charge is 0.416 e. The van der Waals surface area contributed by atoms with E-state index < -0.39 is 17.8 Å². The first-order valence-electron chi connectivity index (χ1n) is 10.3. The monoisotopic (exact) mass is 442 g/mol. The fourth-order valence-corrected chi connectivity index (χ4v) is 3.61. The SMILES string of the molecule is C=NCCCC[C@@H](NC(=O)c1ccc2cnc(C)nc2c1)c1ccc(C(F)(F)F)c(C)c1. The van der Waals surface area contributed by atoms with Crippen LogP contribution in [0.4, 0.5) is 13.2 Å². The van der Waals surface area contributed by atoms with Crippen LogP contribution in [-0.4, -0.2) is 29.1 Å². The molecular formula is C24H25F3N4O. The molecule has 0 aliphatic carbocycles. The van der Waals surface area contributed by atoms with Gasteiger partial charge >= 0.3 is 6.18 Å². The van der Waals surface area contributed by atoms with Crippen LogP contribution < -0.4 is 5.32 Å². The third kappa shape index (κ3) is 5.69. The summed E-state index contributed by atoms with van der Waals surface area (Å²) in [5.41, 5.74) is 1.17. The van der Waals surface area contributed by atoms with Gasteiger partial charge < -0.3 is 10.3 Å². The first-order valence-corrected chi connectivity index (χ1v) is 10.3. The van der Waals surface area contributed by atoms with Crippen molar-refractivity contribution in [1.82, 2.24) is 15.3 Å². The van der Waals surface area contributed by atoms with Crippen molar-refractivity contribution < 1.29 is 18.0 Å². The Hall–Kier alpha value is -3.29. The molecule has 0 saturated carbocycles. The van der Waals surface area contributed by atoms with E-state index in [1.54, 1.807) is 31.3 Å². The summed E-state index contributed by atoms with van der Waals surface area (Å²) in [7, 11) is 0. The van der Waals surface area contributed by atoms with Crippen LogP contribution in [0.3, 0.4) is 0 Å². The first kappa shape index (κ1) is 23.4. The molecule has 1 aromatic heterocycles. The summed E-state index contributed by atoms with van der Waals surface area (Å²) < 4.78 is 39.5. The van der Waals surface area contributed by atoms with E-state index in [4.69, 9.17) is 0 Å². The maximum absolute atomic E-state index is 13.2. The van der Waals surface area contributed by atoms with Crippen molar-refractivity contribution in [2.45, 2.75) is 45.3 Å². The number of carbonyl (C=O) groups excluding carboxylic acids is 1. The van der Waals surface area contributed by atoms with Crippen LogP contribution in [0.25, 0.3) is 10.9 Å². The van der Waals surface area contributed by atoms with Crippen LogP contribution in [0, 0.1) is 13.8 Å². The number of nitrogens with one attached hydrogen (secondary N) is 1. The van der Waals surface area contributed by atoms with Gasteiger partial charge in [-0.3, -0.25) is 4.79 Å². The molecule has 0 radical (unpaired) electrons. The Morgan fingerprint density at radius 1 is 1.16 bits per heavy atom. The van der Waals surface area contributed by atoms with Crippen molar-refractivity contribution in [1.29, 1.82) is 0 Å². The number of amides is 1. The quantitative estimate of drug-likeness (QED) is 0.364. The molecule has 8 heteroatoms. The molecule has 3 rings (SSSR count). The smallest absolute Gasteiger partial charge is 0.345 e. The van der Waals surface area contributed by atoms with E-state index in [-0.39, 0.29) is 11.5 Å². The molecule has 5 nitrogen and oxygen atoms in total. The number of aryl methyl sites for hydroxylation is 2. The number of carbonyl (C=O) groups is 1. The van der Waals surface area contributed by atoms with Crippen molar-refractivity contribution in [2.24, 2.45) is 4.99 Å². The average molecular weight is 442 g/mol. The number of aromatic nitrogens is 2. The number of hydrogen-bond acceptors (Lipinski definition) is 4. The number of hydrogen-bond donors (Lipinski definition) is 1. The maximum Gasteiger partial charge on any atom is 0.416 e. The third-order valence-electron chi connectivity index (χ3n) is 5.29. The summed E-state index contributed by atoms with van der Waals surface area (Å²) in [6, 6.07) is 8.72. The maximum atomic E-state index is 13.2. The summed E-state index contributed by atoms with van der Waals surface area (Å²) in [6.45, 7) is 7.26. The van der Waals surface area contributed by atoms with Gasteiger partial charge in [-0.15, -0.1) is 0 Å². The second kappa shape index (κ2) is 9.89. The first-order chi connectivity index (χ1) is 15.2. The zero-order valence-corrected chi connectivity index (χ0v) is 18.0. The van der Waals surface area contributed by atoms with Gasteiger partial charge in [-0.2, -0.15) is 13.2 Å². The number of rotatable bonds is 8. The van der Waals surface area contributed by atoms with Crippen LogP contribution in [0.1, 0.15) is 58.2 Å². The van der Waals surface area contributed by atoms with Crippen molar-refractivity contribution in [3.05, 3.63) is 70.7 Å². The molecule has 1 amide bonds. The Balaban J connectivity index is 1.86. The Morgan fingerprint density at radius 3 is 2.62 bits per heavy atom. The van der Waals surface area contributed by atoms with Gasteiger partial charge in [0.2, 0.25) is 0 Å². The molecule has 1 atom stereocenters. The zero-order chi connectivity index (χ0) is 23.3. The topological polar surface area (TPSA) is 67.2 Å². The minimum Gasteiger partial charge on any atom is -0.345 e. The van der Waals surface area contributed by atoms with Crippen LogP contribution >= 0.6 is 0 Å². The summed E-state index contributed by atoms with van der Waals surface area (Å²) in [6.07, 6.45) is -0.625. The lowest BCUT2D eigenvalue weighted by molar-refractivity contribution is -0.138. The Kier molecular flexibility index (Phi) is 7.22. The number of halogens is 3. The van der Waals surface area contributed by atoms with Crippen LogP contribution in [0.5, 0.6) is 0 Å². The normalized spacial score (nSPS) is 12.5. The number of unbranched alkanes of at least 4 members (excludes halogenated alkanes) is 1. The fraction of sp³-hybridized carbons (Fsp3) is 0.333. The minimum absolute atomic E-state index is 0.125. The van der Waals surface area contributed by atoms with Crippen LogP contribution in [-0.2, 0) is 6.18 Å². The molecule has 0 aliphatic rings. The minimum atomic E-state index is -4.41. The van der Waals surface area contributed by atoms with Crippen LogP contribution in [0.2, 0.25) is 0 Å². The van der Waals surface area contributed by atoms with Gasteiger partial charge in [0.05, 0.1) is 17.1 Å². The van der Waals surface area contributed by atoms with Gasteiger partial charge in [-0.1, -0.05) is 18.2 Å². The lowest BCUT2D eigenvalue weighted by Crippen LogP contribution is -2.29. The zero-order valence-electron chi connectivity index (χ0n) is 18.0. The number of nitrogens with zero attached hydrogens (tertiary/aromatic N) is 3. The highest BCUT2D eigenvalue weighted by Crippen LogP contribution is 2.33. The van der Waals surface area contributed by atoms with Gasteiger partial charge in [0.25, 0.3) is 5.91 Å². The highest BCUT2D eigenvalue weighted by Gasteiger charge is 2.32. The predicted molar refractivity (Wildman–Crippen MR) is 119 cm³/mol. The number of aliphatic imine (C=N–C) groups is 1. The molecule has 0 saturated heterocycles. The van der Waals surface area contributed by atoms with Gasteiger partial charge in [0.15, 0.2) is 0 Å². The standard InChI is InChI=1S/C24H25F3N4O/c1-15-12-17(9-10-20(15)24(25,26)27)21(6-4-5-11-28-3)31-23(32)18-7-8-19-14-29-16(2)30-22(19)13-18/h7-10,12-14,21H,3-6,11H2,1-2H3,(H,31,32)/t21-/m1/s1. The Bertz CT molecular complexity index is 1130. The molecule has 2 aromatic carbocycles. The molecular weight excluding hydrogens is 417 g/mol. The predicted octanol–water partition coefficient (Wildman–Crippen LogP) is 5.61. The molecule has 0 fully saturated rings. The molecule has 1 N–H and O–H groups in total. The molecule has 0 spiro atoms. The Morgan fingerprint density at radius 2 is 1.94 bits per heavy atom. The Labute approximate surface area is 184 Å². The molecule has 3 aromatic rings. The third-order valence-corrected chi connectivity index (χ3v) is 5.29. The van der Waals surface area contributed by atoms with Crippen molar-refractivity contribution in [3.8, 4) is 0 Å². The summed E-state index contributed by atoms with van der Waals surface area (Å²) in [5.74, 6) is 0.288. The fourth-order valence-electron chi connectivity index (χ4n) is 3.61. The van der Waals surface area contributed by atoms with Crippen molar-refractivity contribution in [3.63, 3.8) is 0 Å². The van der Waals surface area contributed by atoms with Crippen molar-refractivity contribution >= 4 is 23.5 Å². The number of benzene rings is 2. The average Bonchev–Trinajstić information content (AvgIpc) is 2.74. The van der Waals surface area contributed by atoms with E-state index in [2.05, 4.69) is 27.0 Å². The number of alkyl halides is 3. The molecule has 168 valence electrons. The molecule has 0 bridgehead atoms. The summed E-state index contributed by atoms with van der Waals surface area (Å²) in [5, 5.41) is 3.80. The van der Waals surface area contributed by atoms with Gasteiger partial charge in [-0.25, -0.2) is 9.97 Å². The van der Waals surface area contributed by atoms with E-state index in [0.29, 0.717) is 35.4 Å². The van der Waals surface area contributed by atoms with Gasteiger partial charge in [0.1, 0.15) is 5.82 Å². The lowest BCUT2D eigenvalue weighted by atomic mass is 9.96. The second-order valence-corrected chi connectivity index (χ2v) is 7.73. The van der Waals surface area contributed by atoms with E-state index in [0.717, 1.165) is 24.3 Å². The molecule has 32 heavy (non-hydrogen) atoms. The molecule has 0 unspecified atom stereocenters. The van der Waals surface area contributed by atoms with Crippen molar-refractivity contribution in [2.75, 3.05) is 6.54 Å². The highest BCUT2D eigenvalue weighted by molar-refractivity contribution is 5.97. The lowest BCUT2D eigenvalue weighted by Gasteiger charge is -2.21.